The molecule has 8 nitrogen and oxygen atoms in total. The summed E-state index contributed by atoms with van der Waals surface area (Å²) >= 11 is 0. The highest BCUT2D eigenvalue weighted by atomic mass is 32.2. The highest BCUT2D eigenvalue weighted by Gasteiger charge is 2.28. The van der Waals surface area contributed by atoms with Crippen LogP contribution in [0.15, 0.2) is 29.2 Å². The normalized spacial score (nSPS) is 13.0. The van der Waals surface area contributed by atoms with Crippen molar-refractivity contribution in [1.82, 2.24) is 5.43 Å². The molecule has 4 N–H and O–H groups in total. The van der Waals surface area contributed by atoms with Crippen molar-refractivity contribution in [3.05, 3.63) is 29.8 Å². The van der Waals surface area contributed by atoms with Gasteiger partial charge in [-0.15, -0.1) is 0 Å². The highest BCUT2D eigenvalue weighted by molar-refractivity contribution is 7.92. The van der Waals surface area contributed by atoms with Gasteiger partial charge in [-0.2, -0.15) is 8.42 Å². The Morgan fingerprint density at radius 3 is 1.92 bits per heavy atom. The van der Waals surface area contributed by atoms with Crippen molar-refractivity contribution in [2.45, 2.75) is 37.3 Å². The summed E-state index contributed by atoms with van der Waals surface area (Å²) in [6.45, 7) is 5.54. The van der Waals surface area contributed by atoms with Gasteiger partial charge >= 0.3 is 0 Å². The first kappa shape index (κ1) is 22.5. The predicted octanol–water partition coefficient (Wildman–Crippen LogP) is 0.677. The zero-order chi connectivity index (χ0) is 19.1. The number of carbonyl (C=O) groups is 1. The molecule has 0 spiro atoms. The van der Waals surface area contributed by atoms with Gasteiger partial charge in [0.25, 0.3) is 16.0 Å². The Morgan fingerprint density at radius 2 is 1.62 bits per heavy atom. The molecule has 0 bridgehead atoms. The monoisotopic (exact) mass is 380 g/mol. The van der Waals surface area contributed by atoms with E-state index in [9.17, 15) is 21.6 Å². The van der Waals surface area contributed by atoms with E-state index < -0.39 is 31.1 Å². The summed E-state index contributed by atoms with van der Waals surface area (Å²) in [5, 5.41) is -1.03. The first-order valence-electron chi connectivity index (χ1n) is 7.02. The van der Waals surface area contributed by atoms with Gasteiger partial charge in [0.1, 0.15) is 5.25 Å². The summed E-state index contributed by atoms with van der Waals surface area (Å²) < 4.78 is 51.9. The van der Waals surface area contributed by atoms with Gasteiger partial charge in [-0.25, -0.2) is 14.3 Å². The lowest BCUT2D eigenvalue weighted by molar-refractivity contribution is -0.121. The van der Waals surface area contributed by atoms with E-state index in [1.54, 1.807) is 12.1 Å². The van der Waals surface area contributed by atoms with E-state index in [1.165, 1.54) is 12.1 Å². The zero-order valence-corrected chi connectivity index (χ0v) is 15.7. The van der Waals surface area contributed by atoms with Crippen molar-refractivity contribution in [3.8, 4) is 0 Å². The number of rotatable bonds is 5. The lowest BCUT2D eigenvalue weighted by Crippen LogP contribution is -2.43. The molecule has 10 heteroatoms. The molecule has 0 aliphatic rings. The molecular weight excluding hydrogens is 356 g/mol. The van der Waals surface area contributed by atoms with Crippen molar-refractivity contribution in [2.75, 3.05) is 6.26 Å². The average molecular weight is 380 g/mol. The molecule has 1 amide bonds. The average Bonchev–Trinajstić information content (AvgIpc) is 2.43. The van der Waals surface area contributed by atoms with E-state index >= 15 is 0 Å². The van der Waals surface area contributed by atoms with E-state index in [-0.39, 0.29) is 10.8 Å². The summed E-state index contributed by atoms with van der Waals surface area (Å²) in [5.41, 5.74) is 2.81. The zero-order valence-electron chi connectivity index (χ0n) is 14.1. The van der Waals surface area contributed by atoms with Crippen molar-refractivity contribution < 1.29 is 26.2 Å². The molecule has 0 aromatic heterocycles. The molecule has 24 heavy (non-hydrogen) atoms. The summed E-state index contributed by atoms with van der Waals surface area (Å²) in [6, 6.07) is 5.99. The number of hydrogen-bond acceptors (Lipinski definition) is 6. The van der Waals surface area contributed by atoms with E-state index in [0.717, 1.165) is 11.8 Å². The van der Waals surface area contributed by atoms with E-state index in [2.05, 4.69) is 0 Å². The second kappa shape index (κ2) is 9.11. The molecule has 0 aliphatic carbocycles. The van der Waals surface area contributed by atoms with Gasteiger partial charge in [0, 0.05) is 6.26 Å². The number of amides is 1. The Morgan fingerprint density at radius 1 is 1.17 bits per heavy atom. The molecule has 0 radical (unpaired) electrons. The van der Waals surface area contributed by atoms with Crippen LogP contribution in [-0.4, -0.2) is 38.8 Å². The minimum atomic E-state index is -4.02. The van der Waals surface area contributed by atoms with Gasteiger partial charge in [0.05, 0.1) is 4.90 Å². The Kier molecular flexibility index (Phi) is 8.55. The Hall–Kier alpha value is -1.49. The predicted molar refractivity (Wildman–Crippen MR) is 91.4 cm³/mol. The molecule has 1 aromatic carbocycles. The Labute approximate surface area is 143 Å². The van der Waals surface area contributed by atoms with Gasteiger partial charge in [0.15, 0.2) is 9.84 Å². The molecule has 0 saturated heterocycles. The van der Waals surface area contributed by atoms with E-state index in [0.29, 0.717) is 6.42 Å². The minimum absolute atomic E-state index is 0.0666. The molecule has 1 unspecified atom stereocenters. The molecule has 0 fully saturated rings. The van der Waals surface area contributed by atoms with Crippen LogP contribution in [0.5, 0.6) is 0 Å². The van der Waals surface area contributed by atoms with Crippen LogP contribution in [0.1, 0.15) is 25.8 Å². The maximum atomic E-state index is 11.2. The standard InChI is InChI=1S/C7H16N2O3S.C7H8O3S/c1-5(2)4-6(7(10)9-8)13(3,11)12;1-6-2-4-7(5-3-6)11(8,9)10/h5-6H,4,8H2,1-3H3,(H,9,10);2-5H,1H3,(H,8,9,10). The van der Waals surface area contributed by atoms with Crippen LogP contribution < -0.4 is 11.3 Å². The molecule has 1 rings (SSSR count). The second-order valence-electron chi connectivity index (χ2n) is 5.74. The quantitative estimate of drug-likeness (QED) is 0.295. The summed E-state index contributed by atoms with van der Waals surface area (Å²) in [6.07, 6.45) is 1.33. The van der Waals surface area contributed by atoms with Gasteiger partial charge < -0.3 is 0 Å². The number of nitrogens with two attached hydrogens (primary N) is 1. The Balaban J connectivity index is 0.000000446. The number of benzene rings is 1. The fourth-order valence-electron chi connectivity index (χ4n) is 1.71. The van der Waals surface area contributed by atoms with E-state index in [4.69, 9.17) is 10.4 Å². The topological polar surface area (TPSA) is 144 Å². The number of nitrogens with one attached hydrogen (secondary N) is 1. The third-order valence-corrected chi connectivity index (χ3v) is 5.26. The lowest BCUT2D eigenvalue weighted by atomic mass is 10.1. The smallest absolute Gasteiger partial charge is 0.293 e. The fourth-order valence-corrected chi connectivity index (χ4v) is 3.38. The number of aryl methyl sites for hydroxylation is 1. The molecular formula is C14H24N2O6S2. The molecule has 138 valence electrons. The van der Waals surface area contributed by atoms with Crippen molar-refractivity contribution >= 4 is 25.9 Å². The van der Waals surface area contributed by atoms with Gasteiger partial charge in [0.2, 0.25) is 0 Å². The van der Waals surface area contributed by atoms with Crippen molar-refractivity contribution in [1.29, 1.82) is 0 Å². The maximum Gasteiger partial charge on any atom is 0.294 e. The van der Waals surface area contributed by atoms with Crippen LogP contribution in [0.25, 0.3) is 0 Å². The number of hydrogen-bond donors (Lipinski definition) is 3. The van der Waals surface area contributed by atoms with Crippen LogP contribution in [-0.2, 0) is 24.7 Å². The highest BCUT2D eigenvalue weighted by Crippen LogP contribution is 2.12. The SMILES string of the molecule is CC(C)CC(C(=O)NN)S(C)(=O)=O.Cc1ccc(S(=O)(=O)O)cc1. The second-order valence-corrected chi connectivity index (χ2v) is 9.39. The Bertz CT molecular complexity index is 740. The molecule has 1 aromatic rings. The maximum absolute atomic E-state index is 11.2. The van der Waals surface area contributed by atoms with Gasteiger partial charge in [-0.05, 0) is 31.4 Å². The van der Waals surface area contributed by atoms with Crippen LogP contribution in [0, 0.1) is 12.8 Å². The van der Waals surface area contributed by atoms with Crippen molar-refractivity contribution in [3.63, 3.8) is 0 Å². The first-order chi connectivity index (χ1) is 10.8. The number of sulfone groups is 1. The summed E-state index contributed by atoms with van der Waals surface area (Å²) in [5.74, 6) is 4.38. The number of hydrazine groups is 1. The van der Waals surface area contributed by atoms with Crippen molar-refractivity contribution in [2.24, 2.45) is 11.8 Å². The third-order valence-electron chi connectivity index (χ3n) is 2.96. The van der Waals surface area contributed by atoms with Gasteiger partial charge in [-0.1, -0.05) is 31.5 Å². The molecule has 1 atom stereocenters. The van der Waals surface area contributed by atoms with Gasteiger partial charge in [-0.3, -0.25) is 14.8 Å². The van der Waals surface area contributed by atoms with Crippen LogP contribution in [0.2, 0.25) is 0 Å². The van der Waals surface area contributed by atoms with E-state index in [1.807, 2.05) is 26.2 Å². The largest absolute Gasteiger partial charge is 0.294 e. The molecule has 0 saturated carbocycles. The number of carbonyl (C=O) groups excluding carboxylic acids is 1. The van der Waals surface area contributed by atoms with Crippen LogP contribution in [0.4, 0.5) is 0 Å². The summed E-state index contributed by atoms with van der Waals surface area (Å²) in [4.78, 5) is 11.0. The fraction of sp³-hybridized carbons (Fsp3) is 0.500. The molecule has 0 aliphatic heterocycles. The lowest BCUT2D eigenvalue weighted by Gasteiger charge is -2.14. The molecule has 0 heterocycles. The summed E-state index contributed by atoms with van der Waals surface area (Å²) in [7, 11) is -7.38. The van der Waals surface area contributed by atoms with Crippen LogP contribution >= 0.6 is 0 Å². The minimum Gasteiger partial charge on any atom is -0.293 e. The first-order valence-corrected chi connectivity index (χ1v) is 10.4. The van der Waals surface area contributed by atoms with Crippen LogP contribution in [0.3, 0.4) is 0 Å². The third kappa shape index (κ3) is 8.39.